The van der Waals surface area contributed by atoms with Crippen LogP contribution in [-0.2, 0) is 0 Å². The number of fused-ring (bicyclic) bond motifs is 1. The Hall–Kier alpha value is -1.94. The topological polar surface area (TPSA) is 51.8 Å². The summed E-state index contributed by atoms with van der Waals surface area (Å²) in [6.45, 7) is 0. The summed E-state index contributed by atoms with van der Waals surface area (Å²) in [6.07, 6.45) is 3.61. The molecule has 0 aliphatic heterocycles. The molecule has 0 atom stereocenters. The summed E-state index contributed by atoms with van der Waals surface area (Å²) in [7, 11) is 0. The van der Waals surface area contributed by atoms with E-state index < -0.39 is 0 Å². The summed E-state index contributed by atoms with van der Waals surface area (Å²) < 4.78 is 0. The number of hydrogen-bond donors (Lipinski definition) is 1. The fourth-order valence-electron chi connectivity index (χ4n) is 1.61. The highest BCUT2D eigenvalue weighted by atomic mass is 32.1. The Kier molecular flexibility index (Phi) is 2.08. The fourth-order valence-corrected chi connectivity index (χ4v) is 2.39. The quantitative estimate of drug-likeness (QED) is 0.695. The summed E-state index contributed by atoms with van der Waals surface area (Å²) in [5, 5.41) is 2.92. The zero-order valence-corrected chi connectivity index (χ0v) is 9.24. The van der Waals surface area contributed by atoms with Crippen molar-refractivity contribution >= 4 is 27.2 Å². The van der Waals surface area contributed by atoms with E-state index in [4.69, 9.17) is 5.73 Å². The first-order valence-corrected chi connectivity index (χ1v) is 5.77. The molecule has 3 heterocycles. The molecule has 0 saturated heterocycles. The molecule has 0 radical (unpaired) electrons. The van der Waals surface area contributed by atoms with E-state index in [-0.39, 0.29) is 0 Å². The van der Waals surface area contributed by atoms with Crippen molar-refractivity contribution in [2.75, 3.05) is 5.73 Å². The van der Waals surface area contributed by atoms with Crippen LogP contribution in [0.4, 0.5) is 5.69 Å². The van der Waals surface area contributed by atoms with Crippen LogP contribution in [0.25, 0.3) is 21.5 Å². The molecule has 2 N–H and O–H groups in total. The van der Waals surface area contributed by atoms with Gasteiger partial charge in [0.2, 0.25) is 0 Å². The molecule has 0 unspecified atom stereocenters. The Morgan fingerprint density at radius 3 is 2.94 bits per heavy atom. The normalized spacial score (nSPS) is 10.8. The molecule has 3 aromatic heterocycles. The molecule has 0 aliphatic carbocycles. The van der Waals surface area contributed by atoms with Crippen molar-refractivity contribution in [1.29, 1.82) is 0 Å². The number of aromatic nitrogens is 2. The van der Waals surface area contributed by atoms with Crippen LogP contribution in [0.5, 0.6) is 0 Å². The highest BCUT2D eigenvalue weighted by Crippen LogP contribution is 2.29. The molecule has 0 amide bonds. The predicted molar refractivity (Wildman–Crippen MR) is 67.3 cm³/mol. The third-order valence-corrected chi connectivity index (χ3v) is 3.34. The van der Waals surface area contributed by atoms with Gasteiger partial charge in [-0.15, -0.1) is 11.3 Å². The van der Waals surface area contributed by atoms with Crippen molar-refractivity contribution in [3.05, 3.63) is 42.0 Å². The molecule has 78 valence electrons. The standard InChI is InChI=1S/C12H9N3S/c13-10-7-16-12-9(10)5-8(6-15-12)11-3-1-2-4-14-11/h1-7H,13H2. The molecule has 0 aromatic carbocycles. The number of nitrogens with two attached hydrogens (primary N) is 1. The molecule has 0 saturated carbocycles. The highest BCUT2D eigenvalue weighted by molar-refractivity contribution is 7.17. The van der Waals surface area contributed by atoms with Crippen LogP contribution in [-0.4, -0.2) is 9.97 Å². The Morgan fingerprint density at radius 2 is 2.12 bits per heavy atom. The Balaban J connectivity index is 2.22. The van der Waals surface area contributed by atoms with Gasteiger partial charge in [0.05, 0.1) is 11.4 Å². The zero-order chi connectivity index (χ0) is 11.0. The van der Waals surface area contributed by atoms with Crippen molar-refractivity contribution in [3.63, 3.8) is 0 Å². The minimum atomic E-state index is 0.783. The van der Waals surface area contributed by atoms with E-state index >= 15 is 0 Å². The van der Waals surface area contributed by atoms with Crippen LogP contribution in [0.3, 0.4) is 0 Å². The SMILES string of the molecule is Nc1csc2ncc(-c3ccccn3)cc12. The lowest BCUT2D eigenvalue weighted by Gasteiger charge is -2.00. The van der Waals surface area contributed by atoms with E-state index in [9.17, 15) is 0 Å². The van der Waals surface area contributed by atoms with Gasteiger partial charge in [-0.05, 0) is 18.2 Å². The van der Waals surface area contributed by atoms with Crippen LogP contribution >= 0.6 is 11.3 Å². The zero-order valence-electron chi connectivity index (χ0n) is 8.42. The molecular formula is C12H9N3S. The minimum Gasteiger partial charge on any atom is -0.398 e. The number of pyridine rings is 2. The Bertz CT molecular complexity index is 631. The number of thiophene rings is 1. The maximum absolute atomic E-state index is 5.87. The van der Waals surface area contributed by atoms with E-state index in [0.717, 1.165) is 27.2 Å². The average molecular weight is 227 g/mol. The molecular weight excluding hydrogens is 218 g/mol. The number of hydrogen-bond acceptors (Lipinski definition) is 4. The van der Waals surface area contributed by atoms with Crippen LogP contribution in [0.15, 0.2) is 42.0 Å². The van der Waals surface area contributed by atoms with Crippen LogP contribution in [0.2, 0.25) is 0 Å². The molecule has 3 aromatic rings. The van der Waals surface area contributed by atoms with Crippen molar-refractivity contribution in [1.82, 2.24) is 9.97 Å². The summed E-state index contributed by atoms with van der Waals surface area (Å²) in [5.41, 5.74) is 8.57. The summed E-state index contributed by atoms with van der Waals surface area (Å²) in [5.74, 6) is 0. The van der Waals surface area contributed by atoms with Gasteiger partial charge in [0, 0.05) is 28.7 Å². The van der Waals surface area contributed by atoms with Gasteiger partial charge in [-0.25, -0.2) is 4.98 Å². The molecule has 4 heteroatoms. The lowest BCUT2D eigenvalue weighted by Crippen LogP contribution is -1.85. The number of nitrogens with zero attached hydrogens (tertiary/aromatic N) is 2. The third-order valence-electron chi connectivity index (χ3n) is 2.42. The van der Waals surface area contributed by atoms with Gasteiger partial charge in [-0.1, -0.05) is 6.07 Å². The molecule has 3 nitrogen and oxygen atoms in total. The summed E-state index contributed by atoms with van der Waals surface area (Å²) in [6, 6.07) is 7.86. The highest BCUT2D eigenvalue weighted by Gasteiger charge is 2.05. The average Bonchev–Trinajstić information content (AvgIpc) is 2.72. The second-order valence-corrected chi connectivity index (χ2v) is 4.34. The Morgan fingerprint density at radius 1 is 1.19 bits per heavy atom. The van der Waals surface area contributed by atoms with E-state index in [2.05, 4.69) is 9.97 Å². The van der Waals surface area contributed by atoms with Gasteiger partial charge in [0.25, 0.3) is 0 Å². The largest absolute Gasteiger partial charge is 0.398 e. The van der Waals surface area contributed by atoms with Crippen LogP contribution in [0, 0.1) is 0 Å². The summed E-state index contributed by atoms with van der Waals surface area (Å²) >= 11 is 1.56. The van der Waals surface area contributed by atoms with Gasteiger partial charge >= 0.3 is 0 Å². The predicted octanol–water partition coefficient (Wildman–Crippen LogP) is 2.94. The molecule has 0 aliphatic rings. The van der Waals surface area contributed by atoms with Crippen LogP contribution in [0.1, 0.15) is 0 Å². The van der Waals surface area contributed by atoms with Gasteiger partial charge in [-0.3, -0.25) is 4.98 Å². The number of rotatable bonds is 1. The van der Waals surface area contributed by atoms with E-state index in [1.165, 1.54) is 0 Å². The maximum atomic E-state index is 5.87. The second kappa shape index (κ2) is 3.57. The van der Waals surface area contributed by atoms with Crippen molar-refractivity contribution in [2.24, 2.45) is 0 Å². The maximum Gasteiger partial charge on any atom is 0.125 e. The Labute approximate surface area is 96.6 Å². The lowest BCUT2D eigenvalue weighted by atomic mass is 10.1. The van der Waals surface area contributed by atoms with Crippen molar-refractivity contribution in [2.45, 2.75) is 0 Å². The molecule has 0 fully saturated rings. The smallest absolute Gasteiger partial charge is 0.125 e. The number of anilines is 1. The monoisotopic (exact) mass is 227 g/mol. The molecule has 0 spiro atoms. The molecule has 3 rings (SSSR count). The fraction of sp³-hybridized carbons (Fsp3) is 0. The van der Waals surface area contributed by atoms with Crippen molar-refractivity contribution in [3.8, 4) is 11.3 Å². The van der Waals surface area contributed by atoms with E-state index in [1.54, 1.807) is 17.5 Å². The van der Waals surface area contributed by atoms with Crippen LogP contribution < -0.4 is 5.73 Å². The van der Waals surface area contributed by atoms with Gasteiger partial charge in [-0.2, -0.15) is 0 Å². The minimum absolute atomic E-state index is 0.783. The number of nitrogen functional groups attached to an aromatic ring is 1. The first-order chi connectivity index (χ1) is 7.84. The van der Waals surface area contributed by atoms with Gasteiger partial charge < -0.3 is 5.73 Å². The van der Waals surface area contributed by atoms with Gasteiger partial charge in [0.15, 0.2) is 0 Å². The van der Waals surface area contributed by atoms with E-state index in [1.807, 2.05) is 35.8 Å². The van der Waals surface area contributed by atoms with E-state index in [0.29, 0.717) is 0 Å². The lowest BCUT2D eigenvalue weighted by molar-refractivity contribution is 1.31. The third kappa shape index (κ3) is 1.44. The first kappa shape index (κ1) is 9.30. The molecule has 16 heavy (non-hydrogen) atoms. The van der Waals surface area contributed by atoms with Crippen molar-refractivity contribution < 1.29 is 0 Å². The second-order valence-electron chi connectivity index (χ2n) is 3.48. The molecule has 0 bridgehead atoms. The summed E-state index contributed by atoms with van der Waals surface area (Å²) in [4.78, 5) is 9.64. The first-order valence-electron chi connectivity index (χ1n) is 4.89. The van der Waals surface area contributed by atoms with Gasteiger partial charge in [0.1, 0.15) is 4.83 Å².